The number of carbonyl (C=O) groups is 2. The third-order valence-electron chi connectivity index (χ3n) is 6.18. The SMILES string of the molecule is COCC(C)(C)OC(=O)N(C)Cc1cc(C(CC(=O)O)c2ccc3c(nnn3C)c2C)ccc1C. The van der Waals surface area contributed by atoms with Crippen LogP contribution in [0.15, 0.2) is 30.3 Å². The summed E-state index contributed by atoms with van der Waals surface area (Å²) >= 11 is 0. The summed E-state index contributed by atoms with van der Waals surface area (Å²) in [5, 5.41) is 18.1. The Morgan fingerprint density at radius 1 is 1.20 bits per heavy atom. The van der Waals surface area contributed by atoms with Gasteiger partial charge in [-0.3, -0.25) is 4.79 Å². The smallest absolute Gasteiger partial charge is 0.410 e. The molecular formula is C26H34N4O5. The molecular weight excluding hydrogens is 448 g/mol. The second-order valence-corrected chi connectivity index (χ2v) is 9.61. The minimum Gasteiger partial charge on any atom is -0.481 e. The molecule has 1 amide bonds. The van der Waals surface area contributed by atoms with Crippen molar-refractivity contribution in [1.82, 2.24) is 19.9 Å². The third kappa shape index (κ3) is 5.97. The van der Waals surface area contributed by atoms with E-state index in [1.807, 2.05) is 51.2 Å². The molecule has 2 aromatic carbocycles. The molecule has 9 heteroatoms. The molecule has 1 N–H and O–H groups in total. The molecule has 188 valence electrons. The molecule has 3 rings (SSSR count). The third-order valence-corrected chi connectivity index (χ3v) is 6.18. The summed E-state index contributed by atoms with van der Waals surface area (Å²) in [5.41, 5.74) is 5.48. The Balaban J connectivity index is 1.94. The van der Waals surface area contributed by atoms with E-state index in [0.29, 0.717) is 6.54 Å². The highest BCUT2D eigenvalue weighted by Gasteiger charge is 2.26. The molecule has 0 radical (unpaired) electrons. The maximum Gasteiger partial charge on any atom is 0.410 e. The number of nitrogens with zero attached hydrogens (tertiary/aromatic N) is 4. The van der Waals surface area contributed by atoms with E-state index in [9.17, 15) is 14.7 Å². The van der Waals surface area contributed by atoms with Crippen molar-refractivity contribution in [3.8, 4) is 0 Å². The minimum absolute atomic E-state index is 0.0712. The van der Waals surface area contributed by atoms with Crippen LogP contribution in [-0.2, 0) is 27.9 Å². The largest absolute Gasteiger partial charge is 0.481 e. The Bertz CT molecular complexity index is 1230. The van der Waals surface area contributed by atoms with Crippen molar-refractivity contribution in [3.63, 3.8) is 0 Å². The fourth-order valence-electron chi connectivity index (χ4n) is 4.30. The number of carbonyl (C=O) groups excluding carboxylic acids is 1. The summed E-state index contributed by atoms with van der Waals surface area (Å²) in [6.07, 6.45) is -0.527. The van der Waals surface area contributed by atoms with E-state index >= 15 is 0 Å². The lowest BCUT2D eigenvalue weighted by atomic mass is 9.84. The number of hydrogen-bond acceptors (Lipinski definition) is 6. The number of hydrogen-bond donors (Lipinski definition) is 1. The van der Waals surface area contributed by atoms with Crippen molar-refractivity contribution < 1.29 is 24.2 Å². The lowest BCUT2D eigenvalue weighted by Crippen LogP contribution is -2.38. The molecule has 35 heavy (non-hydrogen) atoms. The zero-order valence-electron chi connectivity index (χ0n) is 21.5. The second kappa shape index (κ2) is 10.4. The predicted molar refractivity (Wildman–Crippen MR) is 132 cm³/mol. The van der Waals surface area contributed by atoms with Crippen molar-refractivity contribution in [1.29, 1.82) is 0 Å². The molecule has 0 spiro atoms. The van der Waals surface area contributed by atoms with Crippen LogP contribution < -0.4 is 0 Å². The number of aliphatic carboxylic acids is 1. The summed E-state index contributed by atoms with van der Waals surface area (Å²) in [7, 11) is 5.07. The molecule has 0 fully saturated rings. The van der Waals surface area contributed by atoms with Crippen LogP contribution in [0.5, 0.6) is 0 Å². The normalized spacial score (nSPS) is 12.5. The quantitative estimate of drug-likeness (QED) is 0.487. The summed E-state index contributed by atoms with van der Waals surface area (Å²) in [6.45, 7) is 8.11. The van der Waals surface area contributed by atoms with Crippen molar-refractivity contribution in [2.24, 2.45) is 7.05 Å². The fraction of sp³-hybridized carbons (Fsp3) is 0.462. The molecule has 0 aliphatic heterocycles. The summed E-state index contributed by atoms with van der Waals surface area (Å²) in [4.78, 5) is 26.0. The van der Waals surface area contributed by atoms with Gasteiger partial charge in [0.15, 0.2) is 0 Å². The lowest BCUT2D eigenvalue weighted by Gasteiger charge is -2.28. The van der Waals surface area contributed by atoms with Crippen LogP contribution in [-0.4, -0.2) is 63.4 Å². The van der Waals surface area contributed by atoms with Gasteiger partial charge in [0.05, 0.1) is 18.5 Å². The molecule has 0 saturated heterocycles. The Kier molecular flexibility index (Phi) is 7.80. The van der Waals surface area contributed by atoms with Crippen LogP contribution in [0.4, 0.5) is 4.79 Å². The molecule has 9 nitrogen and oxygen atoms in total. The molecule has 0 aliphatic carbocycles. The van der Waals surface area contributed by atoms with Crippen molar-refractivity contribution in [2.75, 3.05) is 20.8 Å². The number of rotatable bonds is 9. The Hall–Kier alpha value is -3.46. The standard InChI is InChI=1S/C26H34N4O5/c1-16-8-9-18(12-19(16)14-29(5)25(33)35-26(3,4)15-34-7)21(13-23(31)32)20-10-11-22-24(17(20)2)27-28-30(22)6/h8-12,21H,13-15H2,1-7H3,(H,31,32). The molecule has 1 atom stereocenters. The van der Waals surface area contributed by atoms with Gasteiger partial charge in [0.1, 0.15) is 11.1 Å². The maximum atomic E-state index is 12.7. The first-order valence-electron chi connectivity index (χ1n) is 11.5. The van der Waals surface area contributed by atoms with Gasteiger partial charge in [0, 0.05) is 33.7 Å². The second-order valence-electron chi connectivity index (χ2n) is 9.61. The summed E-state index contributed by atoms with van der Waals surface area (Å²) in [6, 6.07) is 9.77. The van der Waals surface area contributed by atoms with Crippen molar-refractivity contribution in [3.05, 3.63) is 58.1 Å². The molecule has 0 bridgehead atoms. The highest BCUT2D eigenvalue weighted by Crippen LogP contribution is 2.34. The first kappa shape index (κ1) is 26.2. The van der Waals surface area contributed by atoms with Crippen LogP contribution in [0.25, 0.3) is 11.0 Å². The Labute approximate surface area is 205 Å². The zero-order chi connectivity index (χ0) is 25.9. The van der Waals surface area contributed by atoms with Crippen LogP contribution in [0, 0.1) is 13.8 Å². The van der Waals surface area contributed by atoms with E-state index in [4.69, 9.17) is 9.47 Å². The average molecular weight is 483 g/mol. The van der Waals surface area contributed by atoms with E-state index in [-0.39, 0.29) is 18.9 Å². The van der Waals surface area contributed by atoms with Gasteiger partial charge in [-0.25, -0.2) is 9.48 Å². The van der Waals surface area contributed by atoms with Crippen molar-refractivity contribution >= 4 is 23.1 Å². The van der Waals surface area contributed by atoms with Gasteiger partial charge < -0.3 is 19.5 Å². The topological polar surface area (TPSA) is 107 Å². The maximum absolute atomic E-state index is 12.7. The first-order chi connectivity index (χ1) is 16.4. The van der Waals surface area contributed by atoms with Crippen LogP contribution in [0.2, 0.25) is 0 Å². The summed E-state index contributed by atoms with van der Waals surface area (Å²) < 4.78 is 12.4. The van der Waals surface area contributed by atoms with Gasteiger partial charge in [-0.05, 0) is 61.6 Å². The molecule has 0 saturated carbocycles. The van der Waals surface area contributed by atoms with Crippen LogP contribution >= 0.6 is 0 Å². The van der Waals surface area contributed by atoms with E-state index in [1.54, 1.807) is 32.7 Å². The van der Waals surface area contributed by atoms with E-state index in [1.165, 1.54) is 4.90 Å². The van der Waals surface area contributed by atoms with E-state index < -0.39 is 17.7 Å². The molecule has 1 heterocycles. The Morgan fingerprint density at radius 3 is 2.57 bits per heavy atom. The highest BCUT2D eigenvalue weighted by atomic mass is 16.6. The highest BCUT2D eigenvalue weighted by molar-refractivity contribution is 5.80. The number of benzene rings is 2. The van der Waals surface area contributed by atoms with E-state index in [2.05, 4.69) is 10.3 Å². The fourth-order valence-corrected chi connectivity index (χ4v) is 4.30. The van der Waals surface area contributed by atoms with Gasteiger partial charge in [-0.2, -0.15) is 0 Å². The zero-order valence-corrected chi connectivity index (χ0v) is 21.5. The predicted octanol–water partition coefficient (Wildman–Crippen LogP) is 4.19. The van der Waals surface area contributed by atoms with Gasteiger partial charge in [-0.1, -0.05) is 29.5 Å². The van der Waals surface area contributed by atoms with Crippen LogP contribution in [0.1, 0.15) is 54.0 Å². The molecule has 0 aliphatic rings. The molecule has 3 aromatic rings. The van der Waals surface area contributed by atoms with Gasteiger partial charge >= 0.3 is 12.1 Å². The van der Waals surface area contributed by atoms with E-state index in [0.717, 1.165) is 38.9 Å². The van der Waals surface area contributed by atoms with Crippen LogP contribution in [0.3, 0.4) is 0 Å². The monoisotopic (exact) mass is 482 g/mol. The van der Waals surface area contributed by atoms with Gasteiger partial charge in [-0.15, -0.1) is 5.10 Å². The number of aryl methyl sites for hydroxylation is 3. The average Bonchev–Trinajstić information content (AvgIpc) is 3.15. The lowest BCUT2D eigenvalue weighted by molar-refractivity contribution is -0.137. The van der Waals surface area contributed by atoms with Gasteiger partial charge in [0.25, 0.3) is 0 Å². The number of aromatic nitrogens is 3. The number of carboxylic acid groups (broad SMARTS) is 1. The Morgan fingerprint density at radius 2 is 1.91 bits per heavy atom. The number of amides is 1. The number of methoxy groups -OCH3 is 1. The number of ether oxygens (including phenoxy) is 2. The van der Waals surface area contributed by atoms with Crippen molar-refractivity contribution in [2.45, 2.75) is 52.2 Å². The number of carboxylic acids is 1. The molecule has 1 unspecified atom stereocenters. The summed E-state index contributed by atoms with van der Waals surface area (Å²) in [5.74, 6) is -1.27. The first-order valence-corrected chi connectivity index (χ1v) is 11.5. The van der Waals surface area contributed by atoms with Gasteiger partial charge in [0.2, 0.25) is 0 Å². The number of fused-ring (bicyclic) bond motifs is 1. The molecule has 1 aromatic heterocycles. The minimum atomic E-state index is -0.892.